The second kappa shape index (κ2) is 20.3. The summed E-state index contributed by atoms with van der Waals surface area (Å²) in [5.74, 6) is 2.09. The summed E-state index contributed by atoms with van der Waals surface area (Å²) in [6.07, 6.45) is 32.2. The summed E-state index contributed by atoms with van der Waals surface area (Å²) in [7, 11) is 0. The maximum atomic E-state index is 12.4. The van der Waals surface area contributed by atoms with E-state index < -0.39 is 0 Å². The van der Waals surface area contributed by atoms with E-state index in [4.69, 9.17) is 14.7 Å². The van der Waals surface area contributed by atoms with Crippen molar-refractivity contribution in [1.82, 2.24) is 14.5 Å². The number of piperidine rings is 1. The van der Waals surface area contributed by atoms with Gasteiger partial charge in [0.15, 0.2) is 5.65 Å². The van der Waals surface area contributed by atoms with Crippen LogP contribution in [0.2, 0.25) is 0 Å². The number of allylic oxidation sites excluding steroid dienone is 8. The summed E-state index contributed by atoms with van der Waals surface area (Å²) in [6, 6.07) is 4.31. The van der Waals surface area contributed by atoms with Crippen molar-refractivity contribution in [3.8, 4) is 5.69 Å². The molecule has 0 bridgehead atoms. The Hall–Kier alpha value is -3.45. The minimum Gasteiger partial charge on any atom is -0.465 e. The molecule has 1 saturated heterocycles. The van der Waals surface area contributed by atoms with Crippen LogP contribution in [0.4, 0.5) is 5.82 Å². The summed E-state index contributed by atoms with van der Waals surface area (Å²) >= 11 is 3.64. The monoisotopic (exact) mass is 728 g/mol. The first-order chi connectivity index (χ1) is 23.8. The number of unbranched alkanes of at least 4 members (excludes halogenated alkanes) is 4. The number of benzene rings is 1. The molecule has 1 aliphatic heterocycles. The van der Waals surface area contributed by atoms with Crippen LogP contribution in [0.1, 0.15) is 106 Å². The van der Waals surface area contributed by atoms with Gasteiger partial charge in [0.05, 0.1) is 17.7 Å². The van der Waals surface area contributed by atoms with E-state index in [9.17, 15) is 4.79 Å². The van der Waals surface area contributed by atoms with Crippen LogP contribution in [0.15, 0.2) is 71.4 Å². The summed E-state index contributed by atoms with van der Waals surface area (Å²) < 4.78 is 9.02. The summed E-state index contributed by atoms with van der Waals surface area (Å²) in [4.78, 5) is 24.7. The van der Waals surface area contributed by atoms with Gasteiger partial charge >= 0.3 is 5.97 Å². The van der Waals surface area contributed by atoms with E-state index in [1.54, 1.807) is 0 Å². The zero-order valence-electron chi connectivity index (χ0n) is 30.5. The van der Waals surface area contributed by atoms with E-state index in [-0.39, 0.29) is 5.97 Å². The lowest BCUT2D eigenvalue weighted by Gasteiger charge is -2.33. The fourth-order valence-corrected chi connectivity index (χ4v) is 7.28. The number of fused-ring (bicyclic) bond motifs is 1. The van der Waals surface area contributed by atoms with Crippen molar-refractivity contribution < 1.29 is 9.53 Å². The molecule has 3 aromatic rings. The molecule has 4 rings (SSSR count). The van der Waals surface area contributed by atoms with E-state index in [1.807, 2.05) is 6.92 Å². The van der Waals surface area contributed by atoms with E-state index in [0.717, 1.165) is 85.2 Å². The Labute approximate surface area is 303 Å². The van der Waals surface area contributed by atoms with E-state index in [0.29, 0.717) is 18.9 Å². The number of halogens is 1. The van der Waals surface area contributed by atoms with Crippen molar-refractivity contribution in [2.24, 2.45) is 5.92 Å². The SMILES string of the molecule is CCCCC/C=C/C/C=C/C/C=C/C/C=C/CCCC(=O)OCC1CCN(c2nc(C)nc3c2c(C)cn3-c2c(C)cc(Br)cc2C)CC1. The van der Waals surface area contributed by atoms with Gasteiger partial charge in [0.2, 0.25) is 0 Å². The second-order valence-corrected chi connectivity index (χ2v) is 14.4. The smallest absolute Gasteiger partial charge is 0.305 e. The molecule has 0 N–H and O–H groups in total. The van der Waals surface area contributed by atoms with Gasteiger partial charge < -0.3 is 14.2 Å². The summed E-state index contributed by atoms with van der Waals surface area (Å²) in [5.41, 5.74) is 5.70. The number of nitrogens with zero attached hydrogens (tertiary/aromatic N) is 4. The predicted molar refractivity (Wildman–Crippen MR) is 210 cm³/mol. The van der Waals surface area contributed by atoms with Crippen molar-refractivity contribution in [3.63, 3.8) is 0 Å². The van der Waals surface area contributed by atoms with Crippen molar-refractivity contribution in [2.75, 3.05) is 24.6 Å². The Morgan fingerprint density at radius 2 is 1.43 bits per heavy atom. The standard InChI is InChI=1S/C42H57BrN4O2/c1-6-7-8-9-10-11-12-13-14-15-16-17-18-19-20-21-22-23-38(48)49-31-36-24-26-46(27-25-36)41-39-34(4)30-47(42(39)45-35(5)44-41)40-32(2)28-37(43)29-33(40)3/h10-11,13-14,16-17,19-20,28-30,36H,6-9,12,15,18,21-27,31H2,1-5H3/b11-10+,14-13+,17-16+,20-19+. The molecular formula is C42H57BrN4O2. The minimum absolute atomic E-state index is 0.0815. The normalized spacial score (nSPS) is 14.5. The minimum atomic E-state index is -0.0815. The Bertz CT molecular complexity index is 1600. The molecule has 49 heavy (non-hydrogen) atoms. The molecule has 0 saturated carbocycles. The Kier molecular flexibility index (Phi) is 15.9. The van der Waals surface area contributed by atoms with Crippen molar-refractivity contribution >= 4 is 38.8 Å². The van der Waals surface area contributed by atoms with E-state index in [1.165, 1.54) is 48.1 Å². The number of hydrogen-bond donors (Lipinski definition) is 0. The molecular weight excluding hydrogens is 672 g/mol. The van der Waals surface area contributed by atoms with Crippen LogP contribution in [0.5, 0.6) is 0 Å². The molecule has 2 aromatic heterocycles. The van der Waals surface area contributed by atoms with Gasteiger partial charge in [-0.25, -0.2) is 9.97 Å². The number of aromatic nitrogens is 3. The number of aryl methyl sites for hydroxylation is 4. The van der Waals surface area contributed by atoms with Gasteiger partial charge in [0, 0.05) is 30.2 Å². The Morgan fingerprint density at radius 3 is 2.04 bits per heavy atom. The highest BCUT2D eigenvalue weighted by Crippen LogP contribution is 2.35. The van der Waals surface area contributed by atoms with Gasteiger partial charge in [-0.1, -0.05) is 84.3 Å². The number of carbonyl (C=O) groups is 1. The van der Waals surface area contributed by atoms with Crippen LogP contribution in [0.3, 0.4) is 0 Å². The first-order valence-electron chi connectivity index (χ1n) is 18.4. The molecule has 0 aliphatic carbocycles. The molecule has 1 aliphatic rings. The van der Waals surface area contributed by atoms with E-state index >= 15 is 0 Å². The number of anilines is 1. The number of hydrogen-bond acceptors (Lipinski definition) is 5. The third-order valence-electron chi connectivity index (χ3n) is 9.23. The van der Waals surface area contributed by atoms with E-state index in [2.05, 4.69) is 120 Å². The lowest BCUT2D eigenvalue weighted by molar-refractivity contribution is -0.145. The summed E-state index contributed by atoms with van der Waals surface area (Å²) in [6.45, 7) is 13.0. The maximum Gasteiger partial charge on any atom is 0.305 e. The highest BCUT2D eigenvalue weighted by Gasteiger charge is 2.25. The molecule has 0 spiro atoms. The molecule has 1 aromatic carbocycles. The van der Waals surface area contributed by atoms with Crippen LogP contribution in [-0.2, 0) is 9.53 Å². The third-order valence-corrected chi connectivity index (χ3v) is 9.69. The highest BCUT2D eigenvalue weighted by molar-refractivity contribution is 9.10. The zero-order valence-corrected chi connectivity index (χ0v) is 32.1. The van der Waals surface area contributed by atoms with Crippen molar-refractivity contribution in [3.05, 3.63) is 93.9 Å². The average Bonchev–Trinajstić information content (AvgIpc) is 3.39. The topological polar surface area (TPSA) is 60.2 Å². The van der Waals surface area contributed by atoms with Gasteiger partial charge in [-0.05, 0) is 120 Å². The quantitative estimate of drug-likeness (QED) is 0.0741. The Morgan fingerprint density at radius 1 is 0.837 bits per heavy atom. The highest BCUT2D eigenvalue weighted by atomic mass is 79.9. The van der Waals surface area contributed by atoms with Gasteiger partial charge in [0.25, 0.3) is 0 Å². The first kappa shape index (κ1) is 38.4. The van der Waals surface area contributed by atoms with Crippen LogP contribution < -0.4 is 4.90 Å². The number of rotatable bonds is 18. The lowest BCUT2D eigenvalue weighted by Crippen LogP contribution is -2.36. The molecule has 0 atom stereocenters. The third kappa shape index (κ3) is 11.8. The summed E-state index contributed by atoms with van der Waals surface area (Å²) in [5, 5.41) is 1.12. The lowest BCUT2D eigenvalue weighted by atomic mass is 9.97. The fraction of sp³-hybridized carbons (Fsp3) is 0.500. The number of esters is 1. The first-order valence-corrected chi connectivity index (χ1v) is 19.2. The maximum absolute atomic E-state index is 12.4. The second-order valence-electron chi connectivity index (χ2n) is 13.5. The Balaban J connectivity index is 1.15. The number of carbonyl (C=O) groups excluding carboxylic acids is 1. The molecule has 0 radical (unpaired) electrons. The molecule has 0 unspecified atom stereocenters. The van der Waals surface area contributed by atoms with Gasteiger partial charge in [-0.2, -0.15) is 0 Å². The van der Waals surface area contributed by atoms with Crippen LogP contribution >= 0.6 is 15.9 Å². The number of ether oxygens (including phenoxy) is 1. The molecule has 3 heterocycles. The molecule has 7 heteroatoms. The zero-order chi connectivity index (χ0) is 35.0. The van der Waals surface area contributed by atoms with Crippen molar-refractivity contribution in [2.45, 2.75) is 112 Å². The molecule has 1 fully saturated rings. The van der Waals surface area contributed by atoms with Crippen LogP contribution in [0.25, 0.3) is 16.7 Å². The molecule has 6 nitrogen and oxygen atoms in total. The van der Waals surface area contributed by atoms with Crippen LogP contribution in [-0.4, -0.2) is 40.2 Å². The molecule has 0 amide bonds. The van der Waals surface area contributed by atoms with Gasteiger partial charge in [-0.3, -0.25) is 4.79 Å². The fourth-order valence-electron chi connectivity index (χ4n) is 6.59. The predicted octanol–water partition coefficient (Wildman–Crippen LogP) is 11.3. The largest absolute Gasteiger partial charge is 0.465 e. The van der Waals surface area contributed by atoms with Crippen molar-refractivity contribution in [1.29, 1.82) is 0 Å². The van der Waals surface area contributed by atoms with Gasteiger partial charge in [-0.15, -0.1) is 0 Å². The van der Waals surface area contributed by atoms with Crippen LogP contribution in [0, 0.1) is 33.6 Å². The van der Waals surface area contributed by atoms with Gasteiger partial charge in [0.1, 0.15) is 11.6 Å². The molecule has 264 valence electrons. The average molecular weight is 730 g/mol.